The van der Waals surface area contributed by atoms with Crippen molar-refractivity contribution in [3.05, 3.63) is 46.6 Å². The van der Waals surface area contributed by atoms with E-state index < -0.39 is 0 Å². The van der Waals surface area contributed by atoms with Crippen molar-refractivity contribution in [3.63, 3.8) is 0 Å². The Balaban J connectivity index is 1.83. The largest absolute Gasteiger partial charge is 0.508 e. The molecule has 0 saturated heterocycles. The fourth-order valence-electron chi connectivity index (χ4n) is 1.84. The van der Waals surface area contributed by atoms with Crippen molar-refractivity contribution in [1.82, 2.24) is 19.6 Å². The molecule has 5 N–H and O–H groups in total. The third-order valence-corrected chi connectivity index (χ3v) is 2.87. The van der Waals surface area contributed by atoms with Crippen LogP contribution in [0.1, 0.15) is 5.56 Å². The van der Waals surface area contributed by atoms with Gasteiger partial charge in [0.1, 0.15) is 17.9 Å². The second kappa shape index (κ2) is 4.57. The van der Waals surface area contributed by atoms with Crippen LogP contribution in [-0.2, 0) is 6.54 Å². The topological polar surface area (TPSA) is 121 Å². The highest BCUT2D eigenvalue weighted by Gasteiger charge is 2.04. The number of nitrogen functional groups attached to an aromatic ring is 1. The zero-order valence-electron chi connectivity index (χ0n) is 10.4. The highest BCUT2D eigenvalue weighted by molar-refractivity contribution is 5.51. The Bertz CT molecular complexity index is 822. The van der Waals surface area contributed by atoms with Gasteiger partial charge < -0.3 is 16.2 Å². The van der Waals surface area contributed by atoms with E-state index in [1.165, 1.54) is 16.8 Å². The van der Waals surface area contributed by atoms with Gasteiger partial charge in [0.25, 0.3) is 0 Å². The number of nitrogens with zero attached hydrogens (tertiary/aromatic N) is 3. The van der Waals surface area contributed by atoms with Crippen LogP contribution in [0.4, 0.5) is 11.5 Å². The Morgan fingerprint density at radius 2 is 2.25 bits per heavy atom. The van der Waals surface area contributed by atoms with Gasteiger partial charge in [-0.1, -0.05) is 0 Å². The molecule has 0 unspecified atom stereocenters. The van der Waals surface area contributed by atoms with Gasteiger partial charge in [-0.05, 0) is 18.2 Å². The normalized spacial score (nSPS) is 10.8. The first-order valence-electron chi connectivity index (χ1n) is 5.87. The first-order chi connectivity index (χ1) is 9.63. The van der Waals surface area contributed by atoms with E-state index in [4.69, 9.17) is 5.73 Å². The number of anilines is 2. The summed E-state index contributed by atoms with van der Waals surface area (Å²) in [6.45, 7) is 0.356. The van der Waals surface area contributed by atoms with Crippen molar-refractivity contribution < 1.29 is 5.11 Å². The molecule has 0 aliphatic carbocycles. The molecule has 102 valence electrons. The highest BCUT2D eigenvalue weighted by Crippen LogP contribution is 2.20. The molecule has 0 fully saturated rings. The molecule has 8 nitrogen and oxygen atoms in total. The molecule has 8 heteroatoms. The van der Waals surface area contributed by atoms with Crippen LogP contribution in [0.25, 0.3) is 5.65 Å². The Kier molecular flexibility index (Phi) is 2.75. The maximum atomic E-state index is 11.3. The van der Waals surface area contributed by atoms with Gasteiger partial charge in [0.05, 0.1) is 0 Å². The van der Waals surface area contributed by atoms with E-state index in [0.29, 0.717) is 29.3 Å². The SMILES string of the molecule is Nc1ccc(O)c(CNc2cc3n[nH]c(=O)n3cn2)c1. The van der Waals surface area contributed by atoms with Gasteiger partial charge in [-0.2, -0.15) is 5.10 Å². The Labute approximate surface area is 112 Å². The smallest absolute Gasteiger partial charge is 0.348 e. The number of fused-ring (bicyclic) bond motifs is 1. The summed E-state index contributed by atoms with van der Waals surface area (Å²) >= 11 is 0. The van der Waals surface area contributed by atoms with Crippen LogP contribution >= 0.6 is 0 Å². The number of benzene rings is 1. The average molecular weight is 272 g/mol. The lowest BCUT2D eigenvalue weighted by Crippen LogP contribution is -2.10. The van der Waals surface area contributed by atoms with Crippen molar-refractivity contribution in [3.8, 4) is 5.75 Å². The number of hydrogen-bond acceptors (Lipinski definition) is 6. The van der Waals surface area contributed by atoms with Gasteiger partial charge in [0, 0.05) is 23.9 Å². The van der Waals surface area contributed by atoms with Crippen LogP contribution in [0, 0.1) is 0 Å². The molecule has 0 aliphatic heterocycles. The van der Waals surface area contributed by atoms with E-state index in [2.05, 4.69) is 20.5 Å². The van der Waals surface area contributed by atoms with Crippen LogP contribution < -0.4 is 16.7 Å². The number of H-pyrrole nitrogens is 1. The molecule has 3 rings (SSSR count). The van der Waals surface area contributed by atoms with E-state index in [1.54, 1.807) is 18.2 Å². The molecular weight excluding hydrogens is 260 g/mol. The molecule has 3 aromatic rings. The van der Waals surface area contributed by atoms with Crippen LogP contribution in [-0.4, -0.2) is 24.7 Å². The number of nitrogens with two attached hydrogens (primary N) is 1. The van der Waals surface area contributed by atoms with Gasteiger partial charge in [-0.25, -0.2) is 19.3 Å². The van der Waals surface area contributed by atoms with E-state index in [0.717, 1.165) is 0 Å². The number of aromatic amines is 1. The summed E-state index contributed by atoms with van der Waals surface area (Å²) in [7, 11) is 0. The monoisotopic (exact) mass is 272 g/mol. The average Bonchev–Trinajstić information content (AvgIpc) is 2.81. The van der Waals surface area contributed by atoms with Crippen molar-refractivity contribution in [1.29, 1.82) is 0 Å². The molecule has 0 saturated carbocycles. The quantitative estimate of drug-likeness (QED) is 0.402. The summed E-state index contributed by atoms with van der Waals surface area (Å²) in [5, 5.41) is 18.9. The van der Waals surface area contributed by atoms with E-state index in [-0.39, 0.29) is 11.4 Å². The summed E-state index contributed by atoms with van der Waals surface area (Å²) in [6, 6.07) is 6.47. The zero-order valence-corrected chi connectivity index (χ0v) is 10.4. The predicted molar refractivity (Wildman–Crippen MR) is 73.5 cm³/mol. The van der Waals surface area contributed by atoms with Gasteiger partial charge in [-0.3, -0.25) is 0 Å². The van der Waals surface area contributed by atoms with E-state index in [9.17, 15) is 9.90 Å². The minimum atomic E-state index is -0.340. The summed E-state index contributed by atoms with van der Waals surface area (Å²) in [6.07, 6.45) is 1.38. The molecule has 2 heterocycles. The molecule has 0 aliphatic rings. The molecule has 2 aromatic heterocycles. The zero-order chi connectivity index (χ0) is 14.1. The second-order valence-electron chi connectivity index (χ2n) is 4.27. The van der Waals surface area contributed by atoms with Gasteiger partial charge in [0.2, 0.25) is 0 Å². The number of phenols is 1. The number of aromatic nitrogens is 4. The summed E-state index contributed by atoms with van der Waals surface area (Å²) < 4.78 is 1.29. The fourth-order valence-corrected chi connectivity index (χ4v) is 1.84. The third-order valence-electron chi connectivity index (χ3n) is 2.87. The van der Waals surface area contributed by atoms with Crippen LogP contribution in [0.15, 0.2) is 35.4 Å². The lowest BCUT2D eigenvalue weighted by atomic mass is 10.2. The van der Waals surface area contributed by atoms with Crippen molar-refractivity contribution in [2.75, 3.05) is 11.1 Å². The third kappa shape index (κ3) is 2.14. The molecule has 0 amide bonds. The molecule has 0 radical (unpaired) electrons. The first-order valence-corrected chi connectivity index (χ1v) is 5.87. The van der Waals surface area contributed by atoms with Crippen molar-refractivity contribution in [2.24, 2.45) is 0 Å². The molecule has 0 bridgehead atoms. The molecular formula is C12H12N6O2. The minimum absolute atomic E-state index is 0.156. The Hall–Kier alpha value is -3.03. The highest BCUT2D eigenvalue weighted by atomic mass is 16.3. The molecule has 0 spiro atoms. The summed E-state index contributed by atoms with van der Waals surface area (Å²) in [4.78, 5) is 15.4. The Morgan fingerprint density at radius 3 is 3.10 bits per heavy atom. The standard InChI is InChI=1S/C12H12N6O2/c13-8-1-2-9(19)7(3-8)5-14-10-4-11-16-17-12(20)18(11)6-15-10/h1-4,6,14,19H,5,13H2,(H,17,20). The maximum Gasteiger partial charge on any atom is 0.348 e. The number of nitrogens with one attached hydrogen (secondary N) is 2. The van der Waals surface area contributed by atoms with Crippen LogP contribution in [0.5, 0.6) is 5.75 Å². The molecule has 20 heavy (non-hydrogen) atoms. The maximum absolute atomic E-state index is 11.3. The van der Waals surface area contributed by atoms with Crippen molar-refractivity contribution in [2.45, 2.75) is 6.54 Å². The molecule has 1 aromatic carbocycles. The van der Waals surface area contributed by atoms with Gasteiger partial charge in [-0.15, -0.1) is 0 Å². The minimum Gasteiger partial charge on any atom is -0.508 e. The first kappa shape index (κ1) is 12.0. The van der Waals surface area contributed by atoms with E-state index >= 15 is 0 Å². The van der Waals surface area contributed by atoms with Crippen molar-refractivity contribution >= 4 is 17.2 Å². The van der Waals surface area contributed by atoms with Gasteiger partial charge >= 0.3 is 5.69 Å². The summed E-state index contributed by atoms with van der Waals surface area (Å²) in [5.74, 6) is 0.696. The number of hydrogen-bond donors (Lipinski definition) is 4. The number of aromatic hydroxyl groups is 1. The lowest BCUT2D eigenvalue weighted by molar-refractivity contribution is 0.469. The number of phenolic OH excluding ortho intramolecular Hbond substituents is 1. The van der Waals surface area contributed by atoms with E-state index in [1.807, 2.05) is 0 Å². The lowest BCUT2D eigenvalue weighted by Gasteiger charge is -2.08. The molecule has 0 atom stereocenters. The van der Waals surface area contributed by atoms with Crippen LogP contribution in [0.3, 0.4) is 0 Å². The number of rotatable bonds is 3. The van der Waals surface area contributed by atoms with Crippen LogP contribution in [0.2, 0.25) is 0 Å². The fraction of sp³-hybridized carbons (Fsp3) is 0.0833. The second-order valence-corrected chi connectivity index (χ2v) is 4.27. The summed E-state index contributed by atoms with van der Waals surface area (Å²) in [5.41, 5.74) is 7.02. The predicted octanol–water partition coefficient (Wildman–Crippen LogP) is 0.317. The van der Waals surface area contributed by atoms with Gasteiger partial charge in [0.15, 0.2) is 5.65 Å². The Morgan fingerprint density at radius 1 is 1.40 bits per heavy atom.